The number of aryl methyl sites for hydroxylation is 1. The molecule has 2 aromatic carbocycles. The van der Waals surface area contributed by atoms with E-state index < -0.39 is 5.41 Å². The van der Waals surface area contributed by atoms with E-state index in [2.05, 4.69) is 11.4 Å². The van der Waals surface area contributed by atoms with Crippen molar-refractivity contribution in [3.8, 4) is 6.07 Å². The first-order valence-electron chi connectivity index (χ1n) is 8.31. The van der Waals surface area contributed by atoms with E-state index in [4.69, 9.17) is 0 Å². The van der Waals surface area contributed by atoms with Crippen LogP contribution < -0.4 is 5.32 Å². The molecule has 0 heterocycles. The molecule has 1 amide bonds. The van der Waals surface area contributed by atoms with Crippen molar-refractivity contribution in [2.45, 2.75) is 39.0 Å². The molecule has 0 aliphatic rings. The SMILES string of the molecule is Cc1ccc(NC(=O)CCC(C#N)(c2ccccc2)C(C)C)cc1. The summed E-state index contributed by atoms with van der Waals surface area (Å²) in [5.41, 5.74) is 2.27. The molecule has 0 saturated heterocycles. The van der Waals surface area contributed by atoms with Gasteiger partial charge in [-0.25, -0.2) is 0 Å². The van der Waals surface area contributed by atoms with E-state index in [0.717, 1.165) is 16.8 Å². The summed E-state index contributed by atoms with van der Waals surface area (Å²) in [5.74, 6) is 0.0622. The standard InChI is InChI=1S/C21H24N2O/c1-16(2)21(15-22,18-7-5-4-6-8-18)14-13-20(24)23-19-11-9-17(3)10-12-19/h4-12,16H,13-14H2,1-3H3,(H,23,24). The van der Waals surface area contributed by atoms with Gasteiger partial charge in [-0.05, 0) is 37.0 Å². The summed E-state index contributed by atoms with van der Waals surface area (Å²) in [6.07, 6.45) is 0.817. The zero-order chi connectivity index (χ0) is 17.6. The molecule has 3 nitrogen and oxygen atoms in total. The van der Waals surface area contributed by atoms with Gasteiger partial charge in [0.25, 0.3) is 0 Å². The highest BCUT2D eigenvalue weighted by Crippen LogP contribution is 2.36. The van der Waals surface area contributed by atoms with E-state index in [9.17, 15) is 10.1 Å². The number of carbonyl (C=O) groups excluding carboxylic acids is 1. The molecule has 0 fully saturated rings. The Kier molecular flexibility index (Phi) is 5.76. The second kappa shape index (κ2) is 7.79. The first kappa shape index (κ1) is 17.7. The maximum Gasteiger partial charge on any atom is 0.224 e. The van der Waals surface area contributed by atoms with Gasteiger partial charge < -0.3 is 5.32 Å². The third-order valence-corrected chi connectivity index (χ3v) is 4.56. The number of hydrogen-bond donors (Lipinski definition) is 1. The fourth-order valence-corrected chi connectivity index (χ4v) is 2.92. The van der Waals surface area contributed by atoms with Crippen LogP contribution in [0.3, 0.4) is 0 Å². The first-order valence-corrected chi connectivity index (χ1v) is 8.31. The summed E-state index contributed by atoms with van der Waals surface area (Å²) >= 11 is 0. The zero-order valence-electron chi connectivity index (χ0n) is 14.5. The van der Waals surface area contributed by atoms with Gasteiger partial charge in [0.15, 0.2) is 0 Å². The van der Waals surface area contributed by atoms with Crippen molar-refractivity contribution >= 4 is 11.6 Å². The van der Waals surface area contributed by atoms with Crippen LogP contribution in [0.2, 0.25) is 0 Å². The monoisotopic (exact) mass is 320 g/mol. The van der Waals surface area contributed by atoms with Crippen LogP contribution in [0.25, 0.3) is 0 Å². The highest BCUT2D eigenvalue weighted by atomic mass is 16.1. The Morgan fingerprint density at radius 3 is 2.29 bits per heavy atom. The number of nitrogens with one attached hydrogen (secondary N) is 1. The van der Waals surface area contributed by atoms with Crippen molar-refractivity contribution in [3.63, 3.8) is 0 Å². The first-order chi connectivity index (χ1) is 11.5. The summed E-state index contributed by atoms with van der Waals surface area (Å²) < 4.78 is 0. The fourth-order valence-electron chi connectivity index (χ4n) is 2.92. The Bertz CT molecular complexity index is 714. The average molecular weight is 320 g/mol. The predicted octanol–water partition coefficient (Wildman–Crippen LogP) is 4.83. The average Bonchev–Trinajstić information content (AvgIpc) is 2.58. The zero-order valence-corrected chi connectivity index (χ0v) is 14.5. The van der Waals surface area contributed by atoms with Gasteiger partial charge >= 0.3 is 0 Å². The minimum Gasteiger partial charge on any atom is -0.326 e. The van der Waals surface area contributed by atoms with Crippen LogP contribution in [0, 0.1) is 24.2 Å². The highest BCUT2D eigenvalue weighted by molar-refractivity contribution is 5.90. The molecule has 2 aromatic rings. The smallest absolute Gasteiger partial charge is 0.224 e. The molecule has 0 radical (unpaired) electrons. The molecule has 0 bridgehead atoms. The van der Waals surface area contributed by atoms with Crippen LogP contribution in [0.4, 0.5) is 5.69 Å². The van der Waals surface area contributed by atoms with Crippen LogP contribution in [0.1, 0.15) is 37.8 Å². The van der Waals surface area contributed by atoms with Gasteiger partial charge in [0.2, 0.25) is 5.91 Å². The molecule has 0 saturated carbocycles. The Morgan fingerprint density at radius 1 is 1.12 bits per heavy atom. The van der Waals surface area contributed by atoms with E-state index in [1.165, 1.54) is 0 Å². The number of anilines is 1. The molecule has 0 spiro atoms. The molecule has 3 heteroatoms. The summed E-state index contributed by atoms with van der Waals surface area (Å²) in [7, 11) is 0. The lowest BCUT2D eigenvalue weighted by Crippen LogP contribution is -2.32. The van der Waals surface area contributed by atoms with E-state index in [1.807, 2.05) is 75.4 Å². The van der Waals surface area contributed by atoms with Crippen LogP contribution in [0.5, 0.6) is 0 Å². The Hall–Kier alpha value is -2.60. The minimum atomic E-state index is -0.647. The second-order valence-electron chi connectivity index (χ2n) is 6.52. The lowest BCUT2D eigenvalue weighted by atomic mass is 9.70. The minimum absolute atomic E-state index is 0.0601. The number of nitriles is 1. The van der Waals surface area contributed by atoms with Crippen LogP contribution >= 0.6 is 0 Å². The summed E-state index contributed by atoms with van der Waals surface area (Å²) in [6, 6.07) is 20.0. The van der Waals surface area contributed by atoms with Gasteiger partial charge in [-0.1, -0.05) is 61.9 Å². The second-order valence-corrected chi connectivity index (χ2v) is 6.52. The van der Waals surface area contributed by atoms with Crippen molar-refractivity contribution in [1.82, 2.24) is 0 Å². The molecule has 0 aliphatic carbocycles. The molecule has 1 unspecified atom stereocenters. The van der Waals surface area contributed by atoms with E-state index in [0.29, 0.717) is 12.8 Å². The Morgan fingerprint density at radius 2 is 1.75 bits per heavy atom. The molecule has 1 N–H and O–H groups in total. The van der Waals surface area contributed by atoms with Crippen LogP contribution in [-0.4, -0.2) is 5.91 Å². The number of rotatable bonds is 6. The van der Waals surface area contributed by atoms with Crippen LogP contribution in [-0.2, 0) is 10.2 Å². The molecular weight excluding hydrogens is 296 g/mol. The molecule has 24 heavy (non-hydrogen) atoms. The lowest BCUT2D eigenvalue weighted by Gasteiger charge is -2.31. The topological polar surface area (TPSA) is 52.9 Å². The maximum atomic E-state index is 12.3. The molecule has 1 atom stereocenters. The van der Waals surface area contributed by atoms with Gasteiger partial charge in [-0.3, -0.25) is 4.79 Å². The molecule has 0 aliphatic heterocycles. The number of benzene rings is 2. The Labute approximate surface area is 144 Å². The summed E-state index contributed by atoms with van der Waals surface area (Å²) in [5, 5.41) is 12.8. The third-order valence-electron chi connectivity index (χ3n) is 4.56. The number of carbonyl (C=O) groups is 1. The number of nitrogens with zero attached hydrogens (tertiary/aromatic N) is 1. The fraction of sp³-hybridized carbons (Fsp3) is 0.333. The molecule has 0 aromatic heterocycles. The molecule has 124 valence electrons. The van der Waals surface area contributed by atoms with Crippen LogP contribution in [0.15, 0.2) is 54.6 Å². The lowest BCUT2D eigenvalue weighted by molar-refractivity contribution is -0.116. The Balaban J connectivity index is 2.09. The number of amides is 1. The van der Waals surface area contributed by atoms with Gasteiger partial charge in [0.1, 0.15) is 0 Å². The van der Waals surface area contributed by atoms with Gasteiger partial charge in [0, 0.05) is 12.1 Å². The molecular formula is C21H24N2O. The van der Waals surface area contributed by atoms with Crippen molar-refractivity contribution in [2.24, 2.45) is 5.92 Å². The molecule has 2 rings (SSSR count). The van der Waals surface area contributed by atoms with E-state index in [1.54, 1.807) is 0 Å². The maximum absolute atomic E-state index is 12.3. The van der Waals surface area contributed by atoms with Gasteiger partial charge in [0.05, 0.1) is 11.5 Å². The van der Waals surface area contributed by atoms with E-state index >= 15 is 0 Å². The summed E-state index contributed by atoms with van der Waals surface area (Å²) in [4.78, 5) is 12.3. The summed E-state index contributed by atoms with van der Waals surface area (Å²) in [6.45, 7) is 6.08. The van der Waals surface area contributed by atoms with Crippen molar-refractivity contribution < 1.29 is 4.79 Å². The normalized spacial score (nSPS) is 13.1. The van der Waals surface area contributed by atoms with E-state index in [-0.39, 0.29) is 11.8 Å². The highest BCUT2D eigenvalue weighted by Gasteiger charge is 2.36. The quantitative estimate of drug-likeness (QED) is 0.828. The van der Waals surface area contributed by atoms with Crippen molar-refractivity contribution in [1.29, 1.82) is 5.26 Å². The third kappa shape index (κ3) is 4.02. The largest absolute Gasteiger partial charge is 0.326 e. The van der Waals surface area contributed by atoms with Gasteiger partial charge in [-0.15, -0.1) is 0 Å². The van der Waals surface area contributed by atoms with Gasteiger partial charge in [-0.2, -0.15) is 5.26 Å². The van der Waals surface area contributed by atoms with Crippen molar-refractivity contribution in [3.05, 3.63) is 65.7 Å². The van der Waals surface area contributed by atoms with Crippen molar-refractivity contribution in [2.75, 3.05) is 5.32 Å². The number of hydrogen-bond acceptors (Lipinski definition) is 2. The predicted molar refractivity (Wildman–Crippen MR) is 97.6 cm³/mol.